The van der Waals surface area contributed by atoms with Crippen molar-refractivity contribution in [1.29, 1.82) is 0 Å². The van der Waals surface area contributed by atoms with E-state index in [0.717, 1.165) is 5.76 Å². The highest BCUT2D eigenvalue weighted by Gasteiger charge is 2.10. The predicted molar refractivity (Wildman–Crippen MR) is 73.7 cm³/mol. The number of hydrogen-bond donors (Lipinski definition) is 1. The van der Waals surface area contributed by atoms with Crippen molar-refractivity contribution >= 4 is 28.5 Å². The number of carbonyl (C=O) groups is 1. The molecule has 0 aliphatic carbocycles. The molecule has 5 heteroatoms. The lowest BCUT2D eigenvalue weighted by molar-refractivity contribution is 0.0947. The molecule has 0 radical (unpaired) electrons. The van der Waals surface area contributed by atoms with E-state index >= 15 is 0 Å². The monoisotopic (exact) mass is 359 g/mol. The highest BCUT2D eigenvalue weighted by atomic mass is 127. The van der Waals surface area contributed by atoms with Crippen LogP contribution in [0.3, 0.4) is 0 Å². The summed E-state index contributed by atoms with van der Waals surface area (Å²) in [7, 11) is 0. The topological polar surface area (TPSA) is 42.2 Å². The van der Waals surface area contributed by atoms with E-state index in [1.54, 1.807) is 0 Å². The lowest BCUT2D eigenvalue weighted by Crippen LogP contribution is -2.23. The number of halogens is 2. The highest BCUT2D eigenvalue weighted by Crippen LogP contribution is 2.14. The van der Waals surface area contributed by atoms with Gasteiger partial charge >= 0.3 is 0 Å². The Hall–Kier alpha value is -1.37. The molecule has 0 saturated carbocycles. The van der Waals surface area contributed by atoms with E-state index in [1.807, 2.05) is 41.6 Å². The lowest BCUT2D eigenvalue weighted by atomic mass is 10.2. The van der Waals surface area contributed by atoms with E-state index in [1.165, 1.54) is 18.2 Å². The van der Waals surface area contributed by atoms with Crippen molar-refractivity contribution in [1.82, 2.24) is 5.32 Å². The Kier molecular flexibility index (Phi) is 4.00. The standard InChI is InChI=1S/C13H11FINO2/c1-8-2-4-10(18-8)7-16-13(17)11-5-3-9(14)6-12(11)15/h2-6H,7H2,1H3,(H,16,17). The molecule has 1 aromatic heterocycles. The molecular weight excluding hydrogens is 348 g/mol. The van der Waals surface area contributed by atoms with Gasteiger partial charge in [0.1, 0.15) is 17.3 Å². The van der Waals surface area contributed by atoms with Crippen LogP contribution in [0.5, 0.6) is 0 Å². The second kappa shape index (κ2) is 5.51. The third-order valence-electron chi connectivity index (χ3n) is 2.39. The van der Waals surface area contributed by atoms with E-state index in [9.17, 15) is 9.18 Å². The van der Waals surface area contributed by atoms with Crippen LogP contribution in [0.15, 0.2) is 34.7 Å². The molecule has 1 N–H and O–H groups in total. The smallest absolute Gasteiger partial charge is 0.252 e. The van der Waals surface area contributed by atoms with Gasteiger partial charge in [0.15, 0.2) is 0 Å². The van der Waals surface area contributed by atoms with Crippen LogP contribution < -0.4 is 5.32 Å². The number of amides is 1. The molecule has 2 aromatic rings. The molecule has 0 spiro atoms. The van der Waals surface area contributed by atoms with Crippen LogP contribution in [0.1, 0.15) is 21.9 Å². The highest BCUT2D eigenvalue weighted by molar-refractivity contribution is 14.1. The van der Waals surface area contributed by atoms with E-state index in [4.69, 9.17) is 4.42 Å². The van der Waals surface area contributed by atoms with Gasteiger partial charge in [-0.2, -0.15) is 0 Å². The quantitative estimate of drug-likeness (QED) is 0.855. The van der Waals surface area contributed by atoms with Crippen LogP contribution in [-0.4, -0.2) is 5.91 Å². The SMILES string of the molecule is Cc1ccc(CNC(=O)c2ccc(F)cc2I)o1. The van der Waals surface area contributed by atoms with Gasteiger partial charge < -0.3 is 9.73 Å². The van der Waals surface area contributed by atoms with E-state index < -0.39 is 0 Å². The van der Waals surface area contributed by atoms with Crippen LogP contribution in [0.4, 0.5) is 4.39 Å². The first-order valence-electron chi connectivity index (χ1n) is 5.35. The van der Waals surface area contributed by atoms with Gasteiger partial charge in [0, 0.05) is 3.57 Å². The Labute approximate surface area is 118 Å². The van der Waals surface area contributed by atoms with Crippen LogP contribution in [0.25, 0.3) is 0 Å². The minimum absolute atomic E-state index is 0.242. The third-order valence-corrected chi connectivity index (χ3v) is 3.29. The largest absolute Gasteiger partial charge is 0.465 e. The van der Waals surface area contributed by atoms with Crippen LogP contribution in [-0.2, 0) is 6.54 Å². The van der Waals surface area contributed by atoms with E-state index in [0.29, 0.717) is 21.4 Å². The van der Waals surface area contributed by atoms with Gasteiger partial charge in [0.05, 0.1) is 12.1 Å². The summed E-state index contributed by atoms with van der Waals surface area (Å²) in [6, 6.07) is 7.72. The Morgan fingerprint density at radius 1 is 1.39 bits per heavy atom. The zero-order chi connectivity index (χ0) is 13.1. The van der Waals surface area contributed by atoms with Crippen LogP contribution >= 0.6 is 22.6 Å². The molecule has 0 bridgehead atoms. The summed E-state index contributed by atoms with van der Waals surface area (Å²) in [5, 5.41) is 2.73. The average Bonchev–Trinajstić information content (AvgIpc) is 2.72. The molecule has 3 nitrogen and oxygen atoms in total. The Morgan fingerprint density at radius 2 is 2.17 bits per heavy atom. The summed E-state index contributed by atoms with van der Waals surface area (Å²) in [5.74, 6) is 0.902. The number of nitrogens with one attached hydrogen (secondary N) is 1. The van der Waals surface area contributed by atoms with Crippen molar-refractivity contribution in [3.8, 4) is 0 Å². The fourth-order valence-electron chi connectivity index (χ4n) is 1.52. The average molecular weight is 359 g/mol. The first kappa shape index (κ1) is 13.1. The Morgan fingerprint density at radius 3 is 2.78 bits per heavy atom. The molecular formula is C13H11FINO2. The minimum Gasteiger partial charge on any atom is -0.465 e. The summed E-state index contributed by atoms with van der Waals surface area (Å²) in [5.41, 5.74) is 0.459. The van der Waals surface area contributed by atoms with Crippen LogP contribution in [0.2, 0.25) is 0 Å². The maximum Gasteiger partial charge on any atom is 0.252 e. The van der Waals surface area contributed by atoms with Gasteiger partial charge in [-0.25, -0.2) is 4.39 Å². The molecule has 1 heterocycles. The third kappa shape index (κ3) is 3.10. The van der Waals surface area contributed by atoms with Gasteiger partial charge in [0.25, 0.3) is 5.91 Å². The molecule has 0 aliphatic heterocycles. The molecule has 2 rings (SSSR count). The molecule has 1 amide bonds. The molecule has 0 fully saturated rings. The summed E-state index contributed by atoms with van der Waals surface area (Å²) < 4.78 is 18.8. The summed E-state index contributed by atoms with van der Waals surface area (Å²) in [4.78, 5) is 11.9. The van der Waals surface area contributed by atoms with E-state index in [-0.39, 0.29) is 11.7 Å². The van der Waals surface area contributed by atoms with Gasteiger partial charge in [-0.1, -0.05) is 0 Å². The molecule has 94 valence electrons. The number of hydrogen-bond acceptors (Lipinski definition) is 2. The Balaban J connectivity index is 2.03. The van der Waals surface area contributed by atoms with Gasteiger partial charge in [-0.05, 0) is 59.8 Å². The predicted octanol–water partition coefficient (Wildman–Crippen LogP) is 3.26. The summed E-state index contributed by atoms with van der Waals surface area (Å²) >= 11 is 1.94. The van der Waals surface area contributed by atoms with E-state index in [2.05, 4.69) is 5.32 Å². The Bertz CT molecular complexity index is 580. The number of rotatable bonds is 3. The fraction of sp³-hybridized carbons (Fsp3) is 0.154. The normalized spacial score (nSPS) is 10.4. The number of carbonyl (C=O) groups excluding carboxylic acids is 1. The van der Waals surface area contributed by atoms with Crippen molar-refractivity contribution in [2.45, 2.75) is 13.5 Å². The first-order chi connectivity index (χ1) is 8.56. The molecule has 1 aromatic carbocycles. The van der Waals surface area contributed by atoms with Crippen LogP contribution in [0, 0.1) is 16.3 Å². The molecule has 0 atom stereocenters. The van der Waals surface area contributed by atoms with Crippen molar-refractivity contribution in [3.05, 3.63) is 56.8 Å². The molecule has 0 saturated heterocycles. The van der Waals surface area contributed by atoms with Crippen molar-refractivity contribution in [2.24, 2.45) is 0 Å². The maximum absolute atomic E-state index is 12.9. The number of furan rings is 1. The van der Waals surface area contributed by atoms with Crippen molar-refractivity contribution in [2.75, 3.05) is 0 Å². The number of aryl methyl sites for hydroxylation is 1. The first-order valence-corrected chi connectivity index (χ1v) is 6.42. The van der Waals surface area contributed by atoms with Gasteiger partial charge in [-0.3, -0.25) is 4.79 Å². The lowest BCUT2D eigenvalue weighted by Gasteiger charge is -2.05. The molecule has 0 unspecified atom stereocenters. The molecule has 18 heavy (non-hydrogen) atoms. The van der Waals surface area contributed by atoms with Crippen molar-refractivity contribution < 1.29 is 13.6 Å². The maximum atomic E-state index is 12.9. The molecule has 0 aliphatic rings. The fourth-order valence-corrected chi connectivity index (χ4v) is 2.24. The van der Waals surface area contributed by atoms with Crippen molar-refractivity contribution in [3.63, 3.8) is 0 Å². The summed E-state index contributed by atoms with van der Waals surface area (Å²) in [6.07, 6.45) is 0. The number of benzene rings is 1. The zero-order valence-electron chi connectivity index (χ0n) is 9.67. The second-order valence-corrected chi connectivity index (χ2v) is 4.98. The van der Waals surface area contributed by atoms with Gasteiger partial charge in [0.2, 0.25) is 0 Å². The van der Waals surface area contributed by atoms with Gasteiger partial charge in [-0.15, -0.1) is 0 Å². The summed E-state index contributed by atoms with van der Waals surface area (Å²) in [6.45, 7) is 2.16. The second-order valence-electron chi connectivity index (χ2n) is 3.82. The zero-order valence-corrected chi connectivity index (χ0v) is 11.8. The minimum atomic E-state index is -0.349.